The largest absolute Gasteiger partial charge is 0.461 e. The van der Waals surface area contributed by atoms with Gasteiger partial charge in [0.05, 0.1) is 24.3 Å². The second-order valence-electron chi connectivity index (χ2n) is 9.39. The maximum Gasteiger partial charge on any atom is 0.357 e. The van der Waals surface area contributed by atoms with Gasteiger partial charge in [-0.2, -0.15) is 5.26 Å². The second kappa shape index (κ2) is 10.6. The molecule has 0 radical (unpaired) electrons. The first-order chi connectivity index (χ1) is 17.1. The molecule has 2 aromatic carbocycles. The van der Waals surface area contributed by atoms with Crippen molar-refractivity contribution < 1.29 is 18.3 Å². The number of benzene rings is 2. The predicted molar refractivity (Wildman–Crippen MR) is 135 cm³/mol. The lowest BCUT2D eigenvalue weighted by Gasteiger charge is -2.49. The predicted octanol–water partition coefficient (Wildman–Crippen LogP) is 6.54. The average molecular weight is 530 g/mol. The van der Waals surface area contributed by atoms with Crippen LogP contribution in [0.3, 0.4) is 0 Å². The highest BCUT2D eigenvalue weighted by molar-refractivity contribution is 7.10. The van der Waals surface area contributed by atoms with Crippen LogP contribution in [0.15, 0.2) is 47.8 Å². The molecule has 2 atom stereocenters. The van der Waals surface area contributed by atoms with Gasteiger partial charge in [-0.25, -0.2) is 18.6 Å². The molecule has 3 aromatic rings. The van der Waals surface area contributed by atoms with E-state index in [4.69, 9.17) is 16.3 Å². The third-order valence-corrected chi connectivity index (χ3v) is 7.50. The molecule has 0 spiro atoms. The van der Waals surface area contributed by atoms with E-state index < -0.39 is 23.4 Å². The molecular formula is C27H26ClF2N3O2S. The van der Waals surface area contributed by atoms with Crippen LogP contribution in [0.1, 0.15) is 64.9 Å². The van der Waals surface area contributed by atoms with Gasteiger partial charge in [0, 0.05) is 29.4 Å². The van der Waals surface area contributed by atoms with E-state index in [9.17, 15) is 14.4 Å². The quantitative estimate of drug-likeness (QED) is 0.310. The summed E-state index contributed by atoms with van der Waals surface area (Å²) in [7, 11) is 0. The van der Waals surface area contributed by atoms with Gasteiger partial charge in [-0.1, -0.05) is 23.7 Å². The van der Waals surface area contributed by atoms with E-state index in [1.54, 1.807) is 30.5 Å². The van der Waals surface area contributed by atoms with E-state index in [-0.39, 0.29) is 29.8 Å². The number of nitrogens with zero attached hydrogens (tertiary/aromatic N) is 3. The third kappa shape index (κ3) is 5.59. The molecule has 0 amide bonds. The van der Waals surface area contributed by atoms with Gasteiger partial charge in [-0.3, -0.25) is 4.90 Å². The molecule has 1 saturated heterocycles. The van der Waals surface area contributed by atoms with Crippen molar-refractivity contribution in [3.8, 4) is 6.07 Å². The molecule has 1 fully saturated rings. The van der Waals surface area contributed by atoms with Crippen molar-refractivity contribution in [1.82, 2.24) is 9.88 Å². The molecule has 1 unspecified atom stereocenters. The molecular weight excluding hydrogens is 504 g/mol. The Morgan fingerprint density at radius 2 is 1.97 bits per heavy atom. The molecule has 4 rings (SSSR count). The summed E-state index contributed by atoms with van der Waals surface area (Å²) in [5, 5.41) is 12.3. The second-order valence-corrected chi connectivity index (χ2v) is 10.7. The summed E-state index contributed by atoms with van der Waals surface area (Å²) in [5.74, 6) is -1.75. The highest BCUT2D eigenvalue weighted by atomic mass is 35.5. The number of aromatic nitrogens is 1. The lowest BCUT2D eigenvalue weighted by Crippen LogP contribution is -2.53. The van der Waals surface area contributed by atoms with Crippen molar-refractivity contribution in [1.29, 1.82) is 5.26 Å². The summed E-state index contributed by atoms with van der Waals surface area (Å²) in [6.07, 6.45) is 0. The van der Waals surface area contributed by atoms with Gasteiger partial charge in [0.25, 0.3) is 0 Å². The van der Waals surface area contributed by atoms with Crippen molar-refractivity contribution >= 4 is 28.9 Å². The Morgan fingerprint density at radius 1 is 1.28 bits per heavy atom. The summed E-state index contributed by atoms with van der Waals surface area (Å²) in [6, 6.07) is 13.1. The molecule has 0 N–H and O–H groups in total. The van der Waals surface area contributed by atoms with E-state index in [2.05, 4.69) is 9.88 Å². The number of rotatable bonds is 8. The molecule has 1 aliphatic heterocycles. The Balaban J connectivity index is 1.64. The zero-order chi connectivity index (χ0) is 26.0. The molecule has 36 heavy (non-hydrogen) atoms. The van der Waals surface area contributed by atoms with Gasteiger partial charge >= 0.3 is 5.97 Å². The van der Waals surface area contributed by atoms with Gasteiger partial charge in [0.15, 0.2) is 5.69 Å². The van der Waals surface area contributed by atoms with Gasteiger partial charge in [-0.05, 0) is 68.1 Å². The van der Waals surface area contributed by atoms with E-state index in [1.807, 2.05) is 18.2 Å². The topological polar surface area (TPSA) is 66.2 Å². The number of hydrogen-bond donors (Lipinski definition) is 0. The summed E-state index contributed by atoms with van der Waals surface area (Å²) in [6.45, 7) is 6.02. The van der Waals surface area contributed by atoms with Crippen molar-refractivity contribution in [2.24, 2.45) is 5.92 Å². The Bertz CT molecular complexity index is 1280. The zero-order valence-electron chi connectivity index (χ0n) is 20.2. The van der Waals surface area contributed by atoms with Crippen LogP contribution in [0.25, 0.3) is 0 Å². The minimum atomic E-state index is -1.63. The molecule has 0 aliphatic carbocycles. The number of likely N-dealkylation sites (tertiary alicyclic amines) is 1. The summed E-state index contributed by atoms with van der Waals surface area (Å²) in [4.78, 5) is 18.9. The number of esters is 1. The normalized spacial score (nSPS) is 16.1. The van der Waals surface area contributed by atoms with E-state index in [1.165, 1.54) is 31.3 Å². The number of carbonyl (C=O) groups excluding carboxylic acids is 1. The van der Waals surface area contributed by atoms with Crippen LogP contribution in [-0.4, -0.2) is 41.2 Å². The van der Waals surface area contributed by atoms with Crippen LogP contribution in [0.2, 0.25) is 5.02 Å². The highest BCUT2D eigenvalue weighted by Gasteiger charge is 2.46. The van der Waals surface area contributed by atoms with Crippen molar-refractivity contribution in [2.75, 3.05) is 19.7 Å². The first-order valence-electron chi connectivity index (χ1n) is 11.6. The summed E-state index contributed by atoms with van der Waals surface area (Å²) >= 11 is 7.47. The van der Waals surface area contributed by atoms with Crippen molar-refractivity contribution in [3.05, 3.63) is 86.1 Å². The van der Waals surface area contributed by atoms with Crippen LogP contribution in [0.4, 0.5) is 8.78 Å². The number of alkyl halides is 1. The first kappa shape index (κ1) is 26.2. The van der Waals surface area contributed by atoms with Crippen LogP contribution in [0.5, 0.6) is 0 Å². The number of halogens is 3. The maximum atomic E-state index is 15.5. The van der Waals surface area contributed by atoms with Gasteiger partial charge < -0.3 is 4.74 Å². The lowest BCUT2D eigenvalue weighted by molar-refractivity contribution is 0.00799. The highest BCUT2D eigenvalue weighted by Crippen LogP contribution is 2.46. The minimum Gasteiger partial charge on any atom is -0.461 e. The summed E-state index contributed by atoms with van der Waals surface area (Å²) in [5.41, 5.74) is 0.204. The molecule has 0 bridgehead atoms. The number of thiazole rings is 1. The number of nitriles is 1. The molecule has 2 heterocycles. The monoisotopic (exact) mass is 529 g/mol. The molecule has 188 valence electrons. The van der Waals surface area contributed by atoms with Crippen molar-refractivity contribution in [2.45, 2.75) is 38.4 Å². The minimum absolute atomic E-state index is 0.113. The third-order valence-electron chi connectivity index (χ3n) is 6.35. The summed E-state index contributed by atoms with van der Waals surface area (Å²) < 4.78 is 34.8. The first-order valence-corrected chi connectivity index (χ1v) is 12.9. The van der Waals surface area contributed by atoms with Crippen LogP contribution in [0, 0.1) is 23.1 Å². The van der Waals surface area contributed by atoms with Crippen molar-refractivity contribution in [3.63, 3.8) is 0 Å². The Hall–Kier alpha value is -2.86. The fraction of sp³-hybridized carbons (Fsp3) is 0.370. The average Bonchev–Trinajstić information content (AvgIpc) is 3.27. The zero-order valence-corrected chi connectivity index (χ0v) is 21.7. The van der Waals surface area contributed by atoms with Gasteiger partial charge in [0.1, 0.15) is 16.5 Å². The van der Waals surface area contributed by atoms with E-state index in [0.717, 1.165) is 11.6 Å². The fourth-order valence-electron chi connectivity index (χ4n) is 4.92. The van der Waals surface area contributed by atoms with Gasteiger partial charge in [-0.15, -0.1) is 11.3 Å². The van der Waals surface area contributed by atoms with Crippen LogP contribution in [-0.2, 0) is 4.74 Å². The smallest absolute Gasteiger partial charge is 0.357 e. The van der Waals surface area contributed by atoms with Crippen LogP contribution < -0.4 is 0 Å². The number of ether oxygens (including phenoxy) is 1. The van der Waals surface area contributed by atoms with Gasteiger partial charge in [0.2, 0.25) is 0 Å². The van der Waals surface area contributed by atoms with E-state index in [0.29, 0.717) is 28.7 Å². The Morgan fingerprint density at radius 3 is 2.58 bits per heavy atom. The molecule has 9 heteroatoms. The van der Waals surface area contributed by atoms with Crippen LogP contribution >= 0.6 is 22.9 Å². The standard InChI is InChI=1S/C27H26ClF2N3O2S/c1-4-35-26(34)22-15-36-25(32-22)24(17-5-7-20(28)8-6-17)33-13-19(14-33)23(27(2,3)30)18-9-16(12-31)10-21(29)11-18/h5-11,15,19,23-24H,4,13-14H2,1-3H3/t23?,24-/m0/s1. The lowest BCUT2D eigenvalue weighted by atomic mass is 9.72. The molecule has 1 aromatic heterocycles. The maximum absolute atomic E-state index is 15.5. The Labute approximate surface area is 218 Å². The fourth-order valence-corrected chi connectivity index (χ4v) is 6.00. The molecule has 5 nitrogen and oxygen atoms in total. The Kier molecular flexibility index (Phi) is 7.74. The van der Waals surface area contributed by atoms with E-state index >= 15 is 4.39 Å². The number of carbonyl (C=O) groups is 1. The number of hydrogen-bond acceptors (Lipinski definition) is 6. The molecule has 0 saturated carbocycles. The molecule has 1 aliphatic rings. The SMILES string of the molecule is CCOC(=O)c1csc([C@H](c2ccc(Cl)cc2)N2CC(C(c3cc(F)cc(C#N)c3)C(C)(C)F)C2)n1.